The molecular formula is C37H56N3O5+. The number of unbranched alkanes of at least 4 members (excludes halogenated alkanes) is 1. The van der Waals surface area contributed by atoms with Gasteiger partial charge in [0.05, 0.1) is 18.1 Å². The molecule has 0 radical (unpaired) electrons. The number of hydrogen-bond acceptors (Lipinski definition) is 7. The first kappa shape index (κ1) is 33.9. The molecule has 2 aliphatic heterocycles. The zero-order valence-electron chi connectivity index (χ0n) is 27.6. The summed E-state index contributed by atoms with van der Waals surface area (Å²) in [7, 11) is 0. The molecule has 5 rings (SSSR count). The smallest absolute Gasteiger partial charge is 0.196 e. The van der Waals surface area contributed by atoms with Crippen LogP contribution in [0.15, 0.2) is 46.6 Å². The van der Waals surface area contributed by atoms with Crippen molar-refractivity contribution in [2.45, 2.75) is 103 Å². The Labute approximate surface area is 270 Å². The van der Waals surface area contributed by atoms with Gasteiger partial charge in [-0.1, -0.05) is 39.2 Å². The molecule has 4 aliphatic rings. The molecular weight excluding hydrogens is 566 g/mol. The Morgan fingerprint density at radius 2 is 2.09 bits per heavy atom. The highest BCUT2D eigenvalue weighted by Crippen LogP contribution is 2.48. The fraction of sp³-hybridized carbons (Fsp3) is 0.649. The zero-order valence-corrected chi connectivity index (χ0v) is 27.6. The van der Waals surface area contributed by atoms with Gasteiger partial charge in [0.25, 0.3) is 0 Å². The quantitative estimate of drug-likeness (QED) is 0.124. The molecule has 45 heavy (non-hydrogen) atoms. The second-order valence-corrected chi connectivity index (χ2v) is 13.5. The number of phenolic OH excluding ortho intramolecular Hbond substituents is 1. The van der Waals surface area contributed by atoms with Crippen molar-refractivity contribution in [1.29, 1.82) is 0 Å². The van der Waals surface area contributed by atoms with Crippen LogP contribution < -0.4 is 15.4 Å². The molecule has 2 heterocycles. The van der Waals surface area contributed by atoms with Crippen molar-refractivity contribution in [3.63, 3.8) is 0 Å². The summed E-state index contributed by atoms with van der Waals surface area (Å²) in [6.07, 6.45) is 16.1. The summed E-state index contributed by atoms with van der Waals surface area (Å²) < 4.78 is 11.2. The number of aliphatic hydroxyl groups excluding tert-OH is 2. The number of hydrogen-bond donors (Lipinski definition) is 5. The zero-order chi connectivity index (χ0) is 31.8. The number of nitrogens with one attached hydrogen (secondary N) is 2. The first-order valence-electron chi connectivity index (χ1n) is 17.5. The van der Waals surface area contributed by atoms with Crippen molar-refractivity contribution in [2.24, 2.45) is 22.7 Å². The molecule has 6 atom stereocenters. The van der Waals surface area contributed by atoms with Crippen LogP contribution in [0.5, 0.6) is 11.5 Å². The molecule has 2 saturated carbocycles. The molecule has 0 saturated heterocycles. The minimum atomic E-state index is -0.358. The summed E-state index contributed by atoms with van der Waals surface area (Å²) in [6.45, 7) is 8.80. The second-order valence-electron chi connectivity index (χ2n) is 13.5. The lowest BCUT2D eigenvalue weighted by molar-refractivity contribution is -0.0550. The van der Waals surface area contributed by atoms with Crippen LogP contribution in [0, 0.1) is 29.8 Å². The normalized spacial score (nSPS) is 25.8. The number of ether oxygens (including phenoxy) is 2. The van der Waals surface area contributed by atoms with Crippen LogP contribution in [0.1, 0.15) is 84.1 Å². The Bertz CT molecular complexity index is 1200. The summed E-state index contributed by atoms with van der Waals surface area (Å²) in [5, 5.41) is 37.4. The van der Waals surface area contributed by atoms with Gasteiger partial charge in [0.15, 0.2) is 23.2 Å². The number of likely N-dealkylation sites (N-methyl/N-ethyl adjacent to an activating group) is 1. The molecule has 8 nitrogen and oxygen atoms in total. The van der Waals surface area contributed by atoms with E-state index in [1.165, 1.54) is 37.3 Å². The van der Waals surface area contributed by atoms with Gasteiger partial charge >= 0.3 is 0 Å². The van der Waals surface area contributed by atoms with Crippen LogP contribution in [0.4, 0.5) is 0 Å². The van der Waals surface area contributed by atoms with Crippen LogP contribution >= 0.6 is 0 Å². The Kier molecular flexibility index (Phi) is 12.3. The molecule has 248 valence electrons. The third-order valence-electron chi connectivity index (χ3n) is 10.1. The van der Waals surface area contributed by atoms with Crippen LogP contribution in [0.3, 0.4) is 0 Å². The average molecular weight is 623 g/mol. The maximum absolute atomic E-state index is 10.7. The molecule has 0 bridgehead atoms. The van der Waals surface area contributed by atoms with Gasteiger partial charge in [-0.15, -0.1) is 16.6 Å². The third-order valence-corrected chi connectivity index (χ3v) is 10.1. The lowest BCUT2D eigenvalue weighted by atomic mass is 9.77. The maximum Gasteiger partial charge on any atom is 0.196 e. The van der Waals surface area contributed by atoms with Crippen LogP contribution in [-0.2, 0) is 6.42 Å². The highest BCUT2D eigenvalue weighted by molar-refractivity contribution is 6.03. The molecule has 0 aromatic heterocycles. The molecule has 8 heteroatoms. The van der Waals surface area contributed by atoms with Gasteiger partial charge in [-0.3, -0.25) is 5.32 Å². The van der Waals surface area contributed by atoms with Crippen molar-refractivity contribution in [2.75, 3.05) is 32.8 Å². The van der Waals surface area contributed by atoms with Crippen molar-refractivity contribution in [1.82, 2.24) is 10.6 Å². The van der Waals surface area contributed by atoms with Crippen molar-refractivity contribution >= 4 is 5.71 Å². The topological polar surface area (TPSA) is 119 Å². The highest BCUT2D eigenvalue weighted by atomic mass is 16.5. The first-order valence-corrected chi connectivity index (χ1v) is 17.5. The van der Waals surface area contributed by atoms with E-state index >= 15 is 0 Å². The van der Waals surface area contributed by atoms with Gasteiger partial charge in [-0.2, -0.15) is 0 Å². The van der Waals surface area contributed by atoms with E-state index in [0.717, 1.165) is 80.5 Å². The standard InChI is InChI=1S/C37H55N3O5/c1-4-6-10-36-27(22-41)18-28(45-36)14-11-25-12-16-35(43)37(17-25)44-23-34(39-5-2)33-19-30-31(21-38-20-24(3)42)29-9-7-8-26(29)13-15-32(30)40-33/h12,16-19,24,26,29,31,34,36,38-39,41-42,45H,4-11,13-15,20-23H2,1-3H3/p+1. The summed E-state index contributed by atoms with van der Waals surface area (Å²) >= 11 is 0. The minimum Gasteiger partial charge on any atom is -0.504 e. The van der Waals surface area contributed by atoms with Crippen LogP contribution in [-0.4, -0.2) is 76.9 Å². The van der Waals surface area contributed by atoms with Crippen molar-refractivity contribution < 1.29 is 24.8 Å². The van der Waals surface area contributed by atoms with E-state index in [1.807, 2.05) is 19.1 Å². The molecule has 6 N–H and O–H groups in total. The number of fused-ring (bicyclic) bond motifs is 2. The van der Waals surface area contributed by atoms with E-state index in [4.69, 9.17) is 14.5 Å². The molecule has 0 amide bonds. The molecule has 0 spiro atoms. The Morgan fingerprint density at radius 3 is 2.87 bits per heavy atom. The van der Waals surface area contributed by atoms with Crippen molar-refractivity contribution in [3.8, 4) is 11.5 Å². The van der Waals surface area contributed by atoms with Gasteiger partial charge in [0, 0.05) is 32.5 Å². The number of aliphatic imine (C=N–C) groups is 1. The maximum atomic E-state index is 10.7. The van der Waals surface area contributed by atoms with Gasteiger partial charge in [0.1, 0.15) is 30.4 Å². The SMILES string of the molecule is CCCCC1[OH+][C-](CCc2ccc(O)c(OCC(NCC)C3=C[C+]4C(=N3)CCC3CCCC3C4CNCC(C)O)c2)C=C1CO. The van der Waals surface area contributed by atoms with E-state index in [2.05, 4.69) is 36.6 Å². The minimum absolute atomic E-state index is 0.0639. The molecule has 1 aromatic rings. The lowest BCUT2D eigenvalue weighted by Crippen LogP contribution is -2.37. The number of phenols is 1. The predicted octanol–water partition coefficient (Wildman–Crippen LogP) is 4.94. The predicted molar refractivity (Wildman–Crippen MR) is 180 cm³/mol. The molecule has 6 unspecified atom stereocenters. The average Bonchev–Trinajstić information content (AvgIpc) is 3.76. The lowest BCUT2D eigenvalue weighted by Gasteiger charge is -2.26. The monoisotopic (exact) mass is 622 g/mol. The highest BCUT2D eigenvalue weighted by Gasteiger charge is 2.49. The number of rotatable bonds is 17. The van der Waals surface area contributed by atoms with Gasteiger partial charge in [0.2, 0.25) is 0 Å². The Morgan fingerprint density at radius 1 is 1.22 bits per heavy atom. The van der Waals surface area contributed by atoms with Gasteiger partial charge in [-0.25, -0.2) is 0 Å². The Hall–Kier alpha value is -2.49. The van der Waals surface area contributed by atoms with Crippen LogP contribution in [0.25, 0.3) is 0 Å². The summed E-state index contributed by atoms with van der Waals surface area (Å²) in [6, 6.07) is 5.51. The van der Waals surface area contributed by atoms with E-state index in [-0.39, 0.29) is 30.6 Å². The summed E-state index contributed by atoms with van der Waals surface area (Å²) in [5.74, 6) is 3.83. The number of nitrogens with zero attached hydrogens (tertiary/aromatic N) is 1. The van der Waals surface area contributed by atoms with Gasteiger partial charge in [-0.05, 0) is 75.1 Å². The number of aryl methyl sites for hydroxylation is 1. The Balaban J connectivity index is 1.22. The first-order chi connectivity index (χ1) is 21.9. The van der Waals surface area contributed by atoms with Crippen LogP contribution in [0.2, 0.25) is 0 Å². The molecule has 1 aromatic carbocycles. The number of benzene rings is 1. The molecule has 2 fully saturated rings. The fourth-order valence-electron chi connectivity index (χ4n) is 7.75. The second kappa shape index (κ2) is 16.4. The fourth-order valence-corrected chi connectivity index (χ4v) is 7.75. The van der Waals surface area contributed by atoms with E-state index < -0.39 is 0 Å². The van der Waals surface area contributed by atoms with E-state index in [0.29, 0.717) is 30.7 Å². The number of aromatic hydroxyl groups is 1. The molecule has 2 aliphatic carbocycles. The van der Waals surface area contributed by atoms with E-state index in [1.54, 1.807) is 6.07 Å². The number of aliphatic hydroxyl groups is 4. The summed E-state index contributed by atoms with van der Waals surface area (Å²) in [5.41, 5.74) is 4.34. The summed E-state index contributed by atoms with van der Waals surface area (Å²) in [4.78, 5) is 5.20. The van der Waals surface area contributed by atoms with Crippen molar-refractivity contribution in [3.05, 3.63) is 59.2 Å². The third kappa shape index (κ3) is 8.66. The van der Waals surface area contributed by atoms with E-state index in [9.17, 15) is 15.3 Å². The largest absolute Gasteiger partial charge is 0.504 e. The van der Waals surface area contributed by atoms with Gasteiger partial charge < -0.3 is 30.1 Å². The number of allylic oxidation sites excluding steroid dienone is 1.